The SMILES string of the molecule is Cl.Cl.N[C@@H]1CCO[C@H]1c1cncc(Br)c1. The van der Waals surface area contributed by atoms with Crippen LogP contribution in [0.1, 0.15) is 18.1 Å². The average Bonchev–Trinajstić information content (AvgIpc) is 2.51. The van der Waals surface area contributed by atoms with Crippen molar-refractivity contribution >= 4 is 40.7 Å². The normalized spacial score (nSPS) is 24.1. The molecule has 2 atom stereocenters. The number of nitrogens with zero attached hydrogens (tertiary/aromatic N) is 1. The monoisotopic (exact) mass is 314 g/mol. The minimum absolute atomic E-state index is 0. The second kappa shape index (κ2) is 6.66. The quantitative estimate of drug-likeness (QED) is 0.866. The predicted molar refractivity (Wildman–Crippen MR) is 67.7 cm³/mol. The molecule has 0 bridgehead atoms. The van der Waals surface area contributed by atoms with Crippen LogP contribution < -0.4 is 5.73 Å². The van der Waals surface area contributed by atoms with E-state index < -0.39 is 0 Å². The van der Waals surface area contributed by atoms with E-state index in [9.17, 15) is 0 Å². The first-order valence-corrected chi connectivity index (χ1v) is 5.04. The lowest BCUT2D eigenvalue weighted by atomic mass is 10.1. The maximum atomic E-state index is 5.89. The molecule has 1 saturated heterocycles. The molecule has 1 fully saturated rings. The van der Waals surface area contributed by atoms with E-state index in [1.165, 1.54) is 0 Å². The fraction of sp³-hybridized carbons (Fsp3) is 0.444. The number of nitrogens with two attached hydrogens (primary N) is 1. The standard InChI is InChI=1S/C9H11BrN2O.2ClH/c10-7-3-6(4-12-5-7)9-8(11)1-2-13-9;;/h3-5,8-9H,1-2,11H2;2*1H/t8-,9+;;/m1../s1. The molecule has 15 heavy (non-hydrogen) atoms. The van der Waals surface area contributed by atoms with E-state index in [0.29, 0.717) is 0 Å². The van der Waals surface area contributed by atoms with Gasteiger partial charge in [-0.25, -0.2) is 0 Å². The summed E-state index contributed by atoms with van der Waals surface area (Å²) in [6.45, 7) is 0.748. The lowest BCUT2D eigenvalue weighted by molar-refractivity contribution is 0.105. The highest BCUT2D eigenvalue weighted by atomic mass is 79.9. The van der Waals surface area contributed by atoms with Crippen LogP contribution >= 0.6 is 40.7 Å². The van der Waals surface area contributed by atoms with Gasteiger partial charge in [-0.2, -0.15) is 0 Å². The smallest absolute Gasteiger partial charge is 0.0991 e. The largest absolute Gasteiger partial charge is 0.372 e. The van der Waals surface area contributed by atoms with Crippen molar-refractivity contribution in [3.8, 4) is 0 Å². The van der Waals surface area contributed by atoms with E-state index in [4.69, 9.17) is 10.5 Å². The minimum Gasteiger partial charge on any atom is -0.372 e. The zero-order valence-corrected chi connectivity index (χ0v) is 11.1. The molecule has 0 saturated carbocycles. The van der Waals surface area contributed by atoms with Crippen molar-refractivity contribution in [3.63, 3.8) is 0 Å². The zero-order valence-electron chi connectivity index (χ0n) is 7.93. The first kappa shape index (κ1) is 15.1. The number of ether oxygens (including phenoxy) is 1. The lowest BCUT2D eigenvalue weighted by Gasteiger charge is -2.14. The van der Waals surface area contributed by atoms with E-state index in [2.05, 4.69) is 20.9 Å². The lowest BCUT2D eigenvalue weighted by Crippen LogP contribution is -2.23. The van der Waals surface area contributed by atoms with E-state index in [-0.39, 0.29) is 37.0 Å². The second-order valence-electron chi connectivity index (χ2n) is 3.18. The van der Waals surface area contributed by atoms with Gasteiger partial charge in [0, 0.05) is 35.1 Å². The molecule has 2 rings (SSSR count). The van der Waals surface area contributed by atoms with Crippen molar-refractivity contribution in [2.24, 2.45) is 5.73 Å². The molecule has 0 aliphatic carbocycles. The van der Waals surface area contributed by atoms with Gasteiger partial charge in [-0.3, -0.25) is 4.98 Å². The van der Waals surface area contributed by atoms with Crippen molar-refractivity contribution in [1.82, 2.24) is 4.98 Å². The van der Waals surface area contributed by atoms with Gasteiger partial charge in [-0.05, 0) is 28.4 Å². The molecule has 1 aliphatic heterocycles. The van der Waals surface area contributed by atoms with Gasteiger partial charge in [0.1, 0.15) is 0 Å². The first-order chi connectivity index (χ1) is 6.27. The Hall–Kier alpha value is 0.130. The topological polar surface area (TPSA) is 48.1 Å². The maximum Gasteiger partial charge on any atom is 0.0991 e. The zero-order chi connectivity index (χ0) is 9.26. The Morgan fingerprint density at radius 3 is 2.67 bits per heavy atom. The Morgan fingerprint density at radius 1 is 1.40 bits per heavy atom. The number of hydrogen-bond donors (Lipinski definition) is 1. The Kier molecular flexibility index (Phi) is 6.71. The highest BCUT2D eigenvalue weighted by Crippen LogP contribution is 2.28. The Labute approximate surface area is 110 Å². The Bertz CT molecular complexity index is 314. The molecule has 86 valence electrons. The summed E-state index contributed by atoms with van der Waals surface area (Å²) < 4.78 is 6.49. The van der Waals surface area contributed by atoms with E-state index in [1.807, 2.05) is 6.07 Å². The summed E-state index contributed by atoms with van der Waals surface area (Å²) >= 11 is 3.37. The van der Waals surface area contributed by atoms with Gasteiger partial charge in [0.15, 0.2) is 0 Å². The summed E-state index contributed by atoms with van der Waals surface area (Å²) in [6, 6.07) is 2.11. The van der Waals surface area contributed by atoms with Crippen molar-refractivity contribution < 1.29 is 4.74 Å². The highest BCUT2D eigenvalue weighted by molar-refractivity contribution is 9.10. The molecule has 2 heterocycles. The third-order valence-electron chi connectivity index (χ3n) is 2.19. The van der Waals surface area contributed by atoms with Crippen LogP contribution in [0.25, 0.3) is 0 Å². The molecular formula is C9H13BrCl2N2O. The summed E-state index contributed by atoms with van der Waals surface area (Å²) in [5, 5.41) is 0. The molecule has 0 radical (unpaired) electrons. The first-order valence-electron chi connectivity index (χ1n) is 4.25. The molecule has 1 aromatic heterocycles. The Morgan fingerprint density at radius 2 is 2.13 bits per heavy atom. The predicted octanol–water partition coefficient (Wildman–Crippen LogP) is 2.48. The van der Waals surface area contributed by atoms with Crippen molar-refractivity contribution in [2.45, 2.75) is 18.6 Å². The van der Waals surface area contributed by atoms with Crippen LogP contribution in [0.3, 0.4) is 0 Å². The van der Waals surface area contributed by atoms with Gasteiger partial charge in [0.25, 0.3) is 0 Å². The third kappa shape index (κ3) is 3.57. The average molecular weight is 316 g/mol. The summed E-state index contributed by atoms with van der Waals surface area (Å²) in [4.78, 5) is 4.08. The Balaban J connectivity index is 0.000000980. The number of aromatic nitrogens is 1. The van der Waals surface area contributed by atoms with E-state index in [0.717, 1.165) is 23.1 Å². The molecule has 0 aromatic carbocycles. The van der Waals surface area contributed by atoms with Crippen LogP contribution in [0.15, 0.2) is 22.9 Å². The van der Waals surface area contributed by atoms with Gasteiger partial charge in [0.05, 0.1) is 6.10 Å². The van der Waals surface area contributed by atoms with Crippen LogP contribution in [-0.4, -0.2) is 17.6 Å². The number of halogens is 3. The van der Waals surface area contributed by atoms with E-state index in [1.54, 1.807) is 12.4 Å². The van der Waals surface area contributed by atoms with E-state index >= 15 is 0 Å². The van der Waals surface area contributed by atoms with Crippen LogP contribution in [0.4, 0.5) is 0 Å². The fourth-order valence-electron chi connectivity index (χ4n) is 1.53. The highest BCUT2D eigenvalue weighted by Gasteiger charge is 2.26. The molecule has 1 aliphatic rings. The van der Waals surface area contributed by atoms with Crippen molar-refractivity contribution in [2.75, 3.05) is 6.61 Å². The molecule has 0 unspecified atom stereocenters. The summed E-state index contributed by atoms with van der Waals surface area (Å²) in [5.41, 5.74) is 6.95. The molecule has 6 heteroatoms. The fourth-order valence-corrected chi connectivity index (χ4v) is 1.92. The summed E-state index contributed by atoms with van der Waals surface area (Å²) in [6.07, 6.45) is 4.51. The van der Waals surface area contributed by atoms with Crippen LogP contribution in [0.5, 0.6) is 0 Å². The van der Waals surface area contributed by atoms with Crippen LogP contribution in [-0.2, 0) is 4.74 Å². The van der Waals surface area contributed by atoms with Gasteiger partial charge in [0.2, 0.25) is 0 Å². The molecule has 0 amide bonds. The molecule has 3 nitrogen and oxygen atoms in total. The van der Waals surface area contributed by atoms with Gasteiger partial charge in [-0.15, -0.1) is 24.8 Å². The van der Waals surface area contributed by atoms with Crippen LogP contribution in [0, 0.1) is 0 Å². The van der Waals surface area contributed by atoms with Gasteiger partial charge < -0.3 is 10.5 Å². The number of rotatable bonds is 1. The molecule has 1 aromatic rings. The molecular weight excluding hydrogens is 303 g/mol. The van der Waals surface area contributed by atoms with Gasteiger partial charge >= 0.3 is 0 Å². The number of pyridine rings is 1. The molecule has 0 spiro atoms. The summed E-state index contributed by atoms with van der Waals surface area (Å²) in [7, 11) is 0. The third-order valence-corrected chi connectivity index (χ3v) is 2.63. The minimum atomic E-state index is 0. The van der Waals surface area contributed by atoms with Crippen LogP contribution in [0.2, 0.25) is 0 Å². The number of hydrogen-bond acceptors (Lipinski definition) is 3. The maximum absolute atomic E-state index is 5.89. The van der Waals surface area contributed by atoms with Gasteiger partial charge in [-0.1, -0.05) is 0 Å². The molecule has 2 N–H and O–H groups in total. The second-order valence-corrected chi connectivity index (χ2v) is 4.10. The van der Waals surface area contributed by atoms with Crippen molar-refractivity contribution in [3.05, 3.63) is 28.5 Å². The summed E-state index contributed by atoms with van der Waals surface area (Å²) in [5.74, 6) is 0. The van der Waals surface area contributed by atoms with Crippen molar-refractivity contribution in [1.29, 1.82) is 0 Å².